The molecule has 50 valence electrons. The predicted octanol–water partition coefficient (Wildman–Crippen LogP) is 1.57. The number of ether oxygens (including phenoxy) is 1. The van der Waals surface area contributed by atoms with Gasteiger partial charge in [0.2, 0.25) is 11.3 Å². The second kappa shape index (κ2) is 2.78. The minimum atomic E-state index is 0.417. The maximum atomic E-state index is 8.25. The van der Waals surface area contributed by atoms with Crippen molar-refractivity contribution >= 4 is 5.69 Å². The number of diazo groups is 1. The minimum Gasteiger partial charge on any atom is -0.481 e. The summed E-state index contributed by atoms with van der Waals surface area (Å²) in [4.78, 5) is 6.72. The molecule has 0 N–H and O–H groups in total. The van der Waals surface area contributed by atoms with Crippen LogP contribution in [0.2, 0.25) is 0 Å². The Labute approximate surface area is 58.1 Å². The van der Waals surface area contributed by atoms with Crippen LogP contribution in [0.25, 0.3) is 4.98 Å². The molecule has 0 atom stereocenters. The molecule has 0 aliphatic heterocycles. The fourth-order valence-electron chi connectivity index (χ4n) is 0.552. The van der Waals surface area contributed by atoms with Crippen molar-refractivity contribution in [2.45, 2.75) is 0 Å². The summed E-state index contributed by atoms with van der Waals surface area (Å²) < 4.78 is 4.78. The molecule has 0 unspecified atom stereocenters. The molecule has 0 spiro atoms. The summed E-state index contributed by atoms with van der Waals surface area (Å²) >= 11 is 0. The van der Waals surface area contributed by atoms with Crippen molar-refractivity contribution in [1.82, 2.24) is 4.98 Å². The standard InChI is InChI=1S/C6H6N3O/c1-10-6-3-2-5(9-7)4-8-6/h2-4H,1H3/q+1. The van der Waals surface area contributed by atoms with Gasteiger partial charge < -0.3 is 4.74 Å². The van der Waals surface area contributed by atoms with E-state index in [-0.39, 0.29) is 0 Å². The van der Waals surface area contributed by atoms with Crippen molar-refractivity contribution in [1.29, 1.82) is 5.39 Å². The van der Waals surface area contributed by atoms with Crippen LogP contribution in [-0.4, -0.2) is 12.1 Å². The van der Waals surface area contributed by atoms with Crippen LogP contribution in [0.5, 0.6) is 5.88 Å². The van der Waals surface area contributed by atoms with Crippen LogP contribution >= 0.6 is 0 Å². The zero-order valence-electron chi connectivity index (χ0n) is 5.48. The van der Waals surface area contributed by atoms with Crippen LogP contribution in [0.4, 0.5) is 5.69 Å². The predicted molar refractivity (Wildman–Crippen MR) is 35.5 cm³/mol. The molecule has 0 amide bonds. The van der Waals surface area contributed by atoms with Crippen LogP contribution in [0, 0.1) is 5.39 Å². The van der Waals surface area contributed by atoms with E-state index in [9.17, 15) is 0 Å². The van der Waals surface area contributed by atoms with Gasteiger partial charge in [-0.2, -0.15) is 0 Å². The van der Waals surface area contributed by atoms with Gasteiger partial charge in [0.05, 0.1) is 7.11 Å². The molecule has 4 heteroatoms. The first-order valence-electron chi connectivity index (χ1n) is 2.72. The summed E-state index contributed by atoms with van der Waals surface area (Å²) in [5.74, 6) is 0.507. The molecular weight excluding hydrogens is 130 g/mol. The van der Waals surface area contributed by atoms with E-state index in [0.717, 1.165) is 0 Å². The first-order chi connectivity index (χ1) is 4.86. The monoisotopic (exact) mass is 136 g/mol. The van der Waals surface area contributed by atoms with Gasteiger partial charge in [-0.05, 0) is 0 Å². The van der Waals surface area contributed by atoms with E-state index >= 15 is 0 Å². The van der Waals surface area contributed by atoms with Gasteiger partial charge in [-0.15, -0.1) is 0 Å². The molecule has 0 fully saturated rings. The van der Waals surface area contributed by atoms with Gasteiger partial charge in [-0.3, -0.25) is 0 Å². The zero-order chi connectivity index (χ0) is 7.40. The zero-order valence-corrected chi connectivity index (χ0v) is 5.48. The van der Waals surface area contributed by atoms with Crippen LogP contribution in [0.3, 0.4) is 0 Å². The number of hydrogen-bond acceptors (Lipinski definition) is 3. The van der Waals surface area contributed by atoms with E-state index in [1.807, 2.05) is 0 Å². The van der Waals surface area contributed by atoms with E-state index in [0.29, 0.717) is 11.6 Å². The second-order valence-corrected chi connectivity index (χ2v) is 1.66. The number of nitrogens with zero attached hydrogens (tertiary/aromatic N) is 3. The van der Waals surface area contributed by atoms with Crippen LogP contribution in [-0.2, 0) is 0 Å². The summed E-state index contributed by atoms with van der Waals surface area (Å²) in [7, 11) is 1.53. The Morgan fingerprint density at radius 1 is 1.60 bits per heavy atom. The molecule has 0 saturated heterocycles. The third-order valence-electron chi connectivity index (χ3n) is 1.05. The van der Waals surface area contributed by atoms with Crippen molar-refractivity contribution in [2.75, 3.05) is 7.11 Å². The maximum absolute atomic E-state index is 8.25. The van der Waals surface area contributed by atoms with Crippen molar-refractivity contribution in [2.24, 2.45) is 0 Å². The molecule has 1 heterocycles. The van der Waals surface area contributed by atoms with Gasteiger partial charge in [0.25, 0.3) is 0 Å². The molecule has 0 bridgehead atoms. The fourth-order valence-corrected chi connectivity index (χ4v) is 0.552. The Morgan fingerprint density at radius 2 is 2.40 bits per heavy atom. The van der Waals surface area contributed by atoms with Gasteiger partial charge in [0, 0.05) is 12.1 Å². The lowest BCUT2D eigenvalue weighted by Crippen LogP contribution is -1.83. The van der Waals surface area contributed by atoms with Gasteiger partial charge in [0.15, 0.2) is 4.98 Å². The average molecular weight is 136 g/mol. The summed E-state index contributed by atoms with van der Waals surface area (Å²) in [5, 5.41) is 8.25. The smallest absolute Gasteiger partial charge is 0.403 e. The first kappa shape index (κ1) is 6.49. The van der Waals surface area contributed by atoms with Crippen molar-refractivity contribution < 1.29 is 4.74 Å². The first-order valence-corrected chi connectivity index (χ1v) is 2.72. The van der Waals surface area contributed by atoms with E-state index in [1.54, 1.807) is 12.1 Å². The van der Waals surface area contributed by atoms with Crippen molar-refractivity contribution in [3.8, 4) is 5.88 Å². The quantitative estimate of drug-likeness (QED) is 0.550. The Bertz CT molecular complexity index is 249. The Morgan fingerprint density at radius 3 is 2.80 bits per heavy atom. The highest BCUT2D eigenvalue weighted by atomic mass is 16.5. The molecule has 0 aromatic carbocycles. The lowest BCUT2D eigenvalue weighted by molar-refractivity contribution is 0.398. The third kappa shape index (κ3) is 1.20. The normalized spacial score (nSPS) is 8.40. The lowest BCUT2D eigenvalue weighted by atomic mass is 10.4. The Balaban J connectivity index is 2.93. The molecular formula is C6H6N3O+. The average Bonchev–Trinajstić information content (AvgIpc) is 2.05. The van der Waals surface area contributed by atoms with Gasteiger partial charge >= 0.3 is 5.69 Å². The Hall–Kier alpha value is -1.63. The van der Waals surface area contributed by atoms with E-state index < -0.39 is 0 Å². The highest BCUT2D eigenvalue weighted by Crippen LogP contribution is 2.12. The SMILES string of the molecule is COc1ccc([N+]#N)cn1. The molecule has 1 aromatic rings. The number of rotatable bonds is 1. The highest BCUT2D eigenvalue weighted by Gasteiger charge is 2.02. The topological polar surface area (TPSA) is 50.3 Å². The van der Waals surface area contributed by atoms with Crippen molar-refractivity contribution in [3.63, 3.8) is 0 Å². The maximum Gasteiger partial charge on any atom is 0.403 e. The van der Waals surface area contributed by atoms with Crippen LogP contribution < -0.4 is 4.74 Å². The lowest BCUT2D eigenvalue weighted by Gasteiger charge is -1.91. The summed E-state index contributed by atoms with van der Waals surface area (Å²) in [6, 6.07) is 3.22. The summed E-state index contributed by atoms with van der Waals surface area (Å²) in [6.07, 6.45) is 1.42. The molecule has 0 aliphatic carbocycles. The highest BCUT2D eigenvalue weighted by molar-refractivity contribution is 5.41. The number of aromatic nitrogens is 1. The molecule has 10 heavy (non-hydrogen) atoms. The van der Waals surface area contributed by atoms with Gasteiger partial charge in [-0.25, -0.2) is 4.98 Å². The van der Waals surface area contributed by atoms with E-state index in [4.69, 9.17) is 10.1 Å². The molecule has 1 rings (SSSR count). The van der Waals surface area contributed by atoms with Gasteiger partial charge in [-0.1, -0.05) is 0 Å². The molecule has 1 aromatic heterocycles. The number of pyridine rings is 1. The number of methoxy groups -OCH3 is 1. The summed E-state index contributed by atoms with van der Waals surface area (Å²) in [5.41, 5.74) is 0.417. The molecule has 0 radical (unpaired) electrons. The number of hydrogen-bond donors (Lipinski definition) is 0. The molecule has 4 nitrogen and oxygen atoms in total. The largest absolute Gasteiger partial charge is 0.481 e. The Kier molecular flexibility index (Phi) is 1.80. The second-order valence-electron chi connectivity index (χ2n) is 1.66. The minimum absolute atomic E-state index is 0.417. The third-order valence-corrected chi connectivity index (χ3v) is 1.05. The van der Waals surface area contributed by atoms with E-state index in [1.165, 1.54) is 13.3 Å². The van der Waals surface area contributed by atoms with Crippen LogP contribution in [0.15, 0.2) is 18.3 Å². The van der Waals surface area contributed by atoms with Gasteiger partial charge in [0.1, 0.15) is 6.20 Å². The van der Waals surface area contributed by atoms with Crippen molar-refractivity contribution in [3.05, 3.63) is 23.3 Å². The summed E-state index contributed by atoms with van der Waals surface area (Å²) in [6.45, 7) is 0. The fraction of sp³-hybridized carbons (Fsp3) is 0.167. The molecule has 0 aliphatic rings. The van der Waals surface area contributed by atoms with E-state index in [2.05, 4.69) is 9.96 Å². The molecule has 0 saturated carbocycles. The van der Waals surface area contributed by atoms with Crippen LogP contribution in [0.1, 0.15) is 0 Å².